The molecule has 1 aromatic heterocycles. The van der Waals surface area contributed by atoms with E-state index in [2.05, 4.69) is 20.7 Å². The highest BCUT2D eigenvalue weighted by molar-refractivity contribution is 7.90. The van der Waals surface area contributed by atoms with E-state index in [0.717, 1.165) is 0 Å². The van der Waals surface area contributed by atoms with Crippen molar-refractivity contribution < 1.29 is 17.9 Å². The second kappa shape index (κ2) is 10.5. The number of rotatable bonds is 8. The number of hydrazine groups is 1. The molecule has 4 rings (SSSR count). The zero-order valence-corrected chi connectivity index (χ0v) is 20.7. The van der Waals surface area contributed by atoms with Gasteiger partial charge in [-0.3, -0.25) is 24.4 Å². The molecule has 0 aliphatic carbocycles. The van der Waals surface area contributed by atoms with Crippen LogP contribution >= 0.6 is 11.6 Å². The predicted octanol–water partition coefficient (Wildman–Crippen LogP) is 1.26. The van der Waals surface area contributed by atoms with Gasteiger partial charge in [-0.1, -0.05) is 17.7 Å². The maximum Gasteiger partial charge on any atom is 0.304 e. The molecule has 2 fully saturated rings. The monoisotopic (exact) mass is 508 g/mol. The quantitative estimate of drug-likeness (QED) is 0.517. The normalized spacial score (nSPS) is 20.0. The minimum Gasteiger partial charge on any atom is -0.378 e. The van der Waals surface area contributed by atoms with Crippen LogP contribution in [0.5, 0.6) is 0 Å². The highest BCUT2D eigenvalue weighted by atomic mass is 35.5. The molecule has 3 heterocycles. The van der Waals surface area contributed by atoms with Crippen molar-refractivity contribution in [3.8, 4) is 0 Å². The molecular weight excluding hydrogens is 480 g/mol. The number of nitrogens with zero attached hydrogens (tertiary/aromatic N) is 4. The van der Waals surface area contributed by atoms with Crippen molar-refractivity contribution in [1.82, 2.24) is 25.0 Å². The summed E-state index contributed by atoms with van der Waals surface area (Å²) in [6.45, 7) is 4.84. The summed E-state index contributed by atoms with van der Waals surface area (Å²) in [5.74, 6) is -0.329. The molecule has 1 aromatic carbocycles. The zero-order chi connectivity index (χ0) is 24.3. The lowest BCUT2D eigenvalue weighted by atomic mass is 10.1. The summed E-state index contributed by atoms with van der Waals surface area (Å²) in [7, 11) is -2.29. The van der Waals surface area contributed by atoms with Crippen LogP contribution in [0.15, 0.2) is 42.6 Å². The van der Waals surface area contributed by atoms with E-state index in [0.29, 0.717) is 60.9 Å². The van der Waals surface area contributed by atoms with Gasteiger partial charge in [-0.15, -0.1) is 0 Å². The number of carbonyl (C=O) groups is 1. The predicted molar refractivity (Wildman–Crippen MR) is 130 cm³/mol. The smallest absolute Gasteiger partial charge is 0.304 e. The summed E-state index contributed by atoms with van der Waals surface area (Å²) in [6, 6.07) is 10.4. The Morgan fingerprint density at radius 1 is 1.26 bits per heavy atom. The molecule has 0 unspecified atom stereocenters. The van der Waals surface area contributed by atoms with Gasteiger partial charge in [0.15, 0.2) is 0 Å². The lowest BCUT2D eigenvalue weighted by Gasteiger charge is -2.46. The first-order valence-electron chi connectivity index (χ1n) is 11.1. The number of nitrogens with one attached hydrogen (secondary N) is 2. The zero-order valence-electron chi connectivity index (χ0n) is 19.1. The molecule has 2 aliphatic rings. The molecule has 12 heteroatoms. The van der Waals surface area contributed by atoms with Crippen molar-refractivity contribution in [3.63, 3.8) is 0 Å². The van der Waals surface area contributed by atoms with Gasteiger partial charge in [-0.2, -0.15) is 12.7 Å². The van der Waals surface area contributed by atoms with E-state index in [1.54, 1.807) is 43.4 Å². The van der Waals surface area contributed by atoms with E-state index >= 15 is 0 Å². The molecule has 2 aromatic rings. The highest BCUT2D eigenvalue weighted by Crippen LogP contribution is 2.28. The fraction of sp³-hybridized carbons (Fsp3) is 0.455. The number of carbonyl (C=O) groups excluding carboxylic acids is 1. The highest BCUT2D eigenvalue weighted by Gasteiger charge is 2.39. The van der Waals surface area contributed by atoms with Crippen LogP contribution in [0.1, 0.15) is 23.0 Å². The van der Waals surface area contributed by atoms with E-state index in [-0.39, 0.29) is 18.5 Å². The van der Waals surface area contributed by atoms with Crippen LogP contribution in [-0.2, 0) is 21.5 Å². The summed E-state index contributed by atoms with van der Waals surface area (Å²) < 4.78 is 35.8. The summed E-state index contributed by atoms with van der Waals surface area (Å²) in [5, 5.41) is 0.438. The number of hydrogen-bond acceptors (Lipinski definition) is 7. The Bertz CT molecular complexity index is 1110. The first-order chi connectivity index (χ1) is 16.3. The molecule has 0 saturated carbocycles. The summed E-state index contributed by atoms with van der Waals surface area (Å²) in [5.41, 5.74) is 6.37. The second-order valence-electron chi connectivity index (χ2n) is 8.37. The van der Waals surface area contributed by atoms with Gasteiger partial charge in [-0.25, -0.2) is 5.43 Å². The van der Waals surface area contributed by atoms with Gasteiger partial charge in [0.25, 0.3) is 5.91 Å². The molecule has 2 aliphatic heterocycles. The van der Waals surface area contributed by atoms with Gasteiger partial charge in [0, 0.05) is 43.9 Å². The van der Waals surface area contributed by atoms with Crippen LogP contribution in [0, 0.1) is 0 Å². The average Bonchev–Trinajstić information content (AvgIpc) is 2.78. The fourth-order valence-electron chi connectivity index (χ4n) is 4.17. The van der Waals surface area contributed by atoms with Crippen molar-refractivity contribution in [1.29, 1.82) is 0 Å². The molecule has 1 amide bonds. The number of aromatic nitrogens is 1. The van der Waals surface area contributed by atoms with Crippen LogP contribution in [0.3, 0.4) is 0 Å². The van der Waals surface area contributed by atoms with Crippen molar-refractivity contribution in [3.05, 3.63) is 58.9 Å². The minimum atomic E-state index is -3.88. The third-order valence-electron chi connectivity index (χ3n) is 6.06. The second-order valence-corrected chi connectivity index (χ2v) is 10.7. The number of piperazine rings is 1. The minimum absolute atomic E-state index is 0.00165. The lowest BCUT2D eigenvalue weighted by molar-refractivity contribution is -0.0873. The Hall–Kier alpha value is -2.28. The number of pyridine rings is 1. The van der Waals surface area contributed by atoms with Crippen LogP contribution in [-0.4, -0.2) is 80.5 Å². The topological polar surface area (TPSA) is 107 Å². The van der Waals surface area contributed by atoms with E-state index < -0.39 is 10.2 Å². The fourth-order valence-corrected chi connectivity index (χ4v) is 6.02. The first-order valence-corrected chi connectivity index (χ1v) is 12.9. The SMILES string of the molecule is CNNC(=O)c1ccc(CN(c2cccc(Cl)c2)S(=O)(=O)N2CCN(C3COC3)[C@@H](C)C2)nc1. The number of benzene rings is 1. The van der Waals surface area contributed by atoms with Gasteiger partial charge >= 0.3 is 10.2 Å². The average molecular weight is 509 g/mol. The molecule has 2 saturated heterocycles. The van der Waals surface area contributed by atoms with E-state index in [9.17, 15) is 13.2 Å². The van der Waals surface area contributed by atoms with Gasteiger partial charge in [0.2, 0.25) is 0 Å². The van der Waals surface area contributed by atoms with Crippen molar-refractivity contribution in [2.75, 3.05) is 44.2 Å². The maximum absolute atomic E-state index is 13.8. The van der Waals surface area contributed by atoms with Crippen molar-refractivity contribution in [2.45, 2.75) is 25.6 Å². The Morgan fingerprint density at radius 3 is 2.65 bits per heavy atom. The van der Waals surface area contributed by atoms with E-state index in [1.807, 2.05) is 6.92 Å². The first kappa shape index (κ1) is 24.8. The lowest BCUT2D eigenvalue weighted by Crippen LogP contribution is -2.62. The van der Waals surface area contributed by atoms with Gasteiger partial charge < -0.3 is 4.74 Å². The van der Waals surface area contributed by atoms with Gasteiger partial charge in [0.05, 0.1) is 42.7 Å². The number of hydrogen-bond donors (Lipinski definition) is 2. The molecule has 2 N–H and O–H groups in total. The van der Waals surface area contributed by atoms with Gasteiger partial charge in [0.1, 0.15) is 0 Å². The van der Waals surface area contributed by atoms with Gasteiger partial charge in [-0.05, 0) is 37.3 Å². The molecular formula is C22H29ClN6O4S. The van der Waals surface area contributed by atoms with Crippen LogP contribution in [0.2, 0.25) is 5.02 Å². The molecule has 10 nitrogen and oxygen atoms in total. The summed E-state index contributed by atoms with van der Waals surface area (Å²) in [4.78, 5) is 18.6. The van der Waals surface area contributed by atoms with Crippen molar-refractivity contribution >= 4 is 33.4 Å². The molecule has 0 spiro atoms. The maximum atomic E-state index is 13.8. The Balaban J connectivity index is 1.58. The third-order valence-corrected chi connectivity index (χ3v) is 8.18. The van der Waals surface area contributed by atoms with Crippen LogP contribution in [0.4, 0.5) is 5.69 Å². The van der Waals surface area contributed by atoms with Crippen molar-refractivity contribution in [2.24, 2.45) is 0 Å². The molecule has 0 bridgehead atoms. The summed E-state index contributed by atoms with van der Waals surface area (Å²) in [6.07, 6.45) is 1.42. The largest absolute Gasteiger partial charge is 0.378 e. The molecule has 0 radical (unpaired) electrons. The molecule has 184 valence electrons. The van der Waals surface area contributed by atoms with E-state index in [1.165, 1.54) is 14.8 Å². The number of halogens is 1. The number of ether oxygens (including phenoxy) is 1. The molecule has 34 heavy (non-hydrogen) atoms. The Labute approximate surface area is 205 Å². The number of anilines is 1. The van der Waals surface area contributed by atoms with Crippen LogP contribution in [0.25, 0.3) is 0 Å². The summed E-state index contributed by atoms with van der Waals surface area (Å²) >= 11 is 6.19. The third kappa shape index (κ3) is 5.35. The van der Waals surface area contributed by atoms with Crippen LogP contribution < -0.4 is 15.2 Å². The Morgan fingerprint density at radius 2 is 2.06 bits per heavy atom. The Kier molecular flexibility index (Phi) is 7.70. The number of amides is 1. The van der Waals surface area contributed by atoms with E-state index in [4.69, 9.17) is 16.3 Å². The standard InChI is InChI=1S/C22H29ClN6O4S/c1-16-12-27(8-9-28(16)21-14-33-15-21)34(31,32)29(20-5-3-4-18(23)10-20)13-19-7-6-17(11-25-19)22(30)26-24-2/h3-7,10-11,16,21,24H,8-9,12-15H2,1-2H3,(H,26,30)/t16-/m0/s1. The molecule has 1 atom stereocenters.